The number of esters is 1. The van der Waals surface area contributed by atoms with Gasteiger partial charge in [0.2, 0.25) is 11.2 Å². The van der Waals surface area contributed by atoms with Gasteiger partial charge in [-0.05, 0) is 35.6 Å². The Balaban J connectivity index is 1.85. The molecule has 0 saturated carbocycles. The fourth-order valence-electron chi connectivity index (χ4n) is 4.08. The number of carbonyl (C=O) groups excluding carboxylic acids is 1. The number of ether oxygens (including phenoxy) is 3. The van der Waals surface area contributed by atoms with Crippen LogP contribution in [0.15, 0.2) is 27.4 Å². The molecular weight excluding hydrogens is 414 g/mol. The molecule has 1 aliphatic heterocycles. The Labute approximate surface area is 187 Å². The van der Waals surface area contributed by atoms with Gasteiger partial charge in [0.1, 0.15) is 5.76 Å². The summed E-state index contributed by atoms with van der Waals surface area (Å²) in [6, 6.07) is 5.30. The molecule has 0 aliphatic carbocycles. The van der Waals surface area contributed by atoms with E-state index in [9.17, 15) is 14.7 Å². The molecule has 8 heteroatoms. The van der Waals surface area contributed by atoms with E-state index < -0.39 is 23.1 Å². The second-order valence-corrected chi connectivity index (χ2v) is 8.36. The molecule has 1 N–H and O–H groups in total. The van der Waals surface area contributed by atoms with E-state index in [1.165, 1.54) is 18.7 Å². The highest BCUT2D eigenvalue weighted by Gasteiger charge is 2.28. The summed E-state index contributed by atoms with van der Waals surface area (Å²) in [6.07, 6.45) is 0.842. The summed E-state index contributed by atoms with van der Waals surface area (Å²) < 4.78 is 21.6. The first-order valence-electron chi connectivity index (χ1n) is 10.7. The molecule has 0 radical (unpaired) electrons. The van der Waals surface area contributed by atoms with Gasteiger partial charge in [-0.1, -0.05) is 13.8 Å². The molecule has 174 valence electrons. The Morgan fingerprint density at radius 2 is 1.78 bits per heavy atom. The van der Waals surface area contributed by atoms with Crippen LogP contribution in [0.1, 0.15) is 48.8 Å². The lowest BCUT2D eigenvalue weighted by atomic mass is 9.89. The lowest BCUT2D eigenvalue weighted by Gasteiger charge is -2.29. The van der Waals surface area contributed by atoms with E-state index in [1.807, 2.05) is 26.0 Å². The van der Waals surface area contributed by atoms with Crippen molar-refractivity contribution in [3.63, 3.8) is 0 Å². The first-order valence-corrected chi connectivity index (χ1v) is 10.7. The largest absolute Gasteiger partial charge is 0.502 e. The summed E-state index contributed by atoms with van der Waals surface area (Å²) in [4.78, 5) is 26.5. The summed E-state index contributed by atoms with van der Waals surface area (Å²) in [6.45, 7) is 5.65. The van der Waals surface area contributed by atoms with E-state index >= 15 is 0 Å². The Bertz CT molecular complexity index is 1030. The maximum atomic E-state index is 12.5. The monoisotopic (exact) mass is 445 g/mol. The van der Waals surface area contributed by atoms with Crippen LogP contribution in [0.2, 0.25) is 0 Å². The van der Waals surface area contributed by atoms with Crippen molar-refractivity contribution in [2.75, 3.05) is 27.9 Å². The zero-order valence-electron chi connectivity index (χ0n) is 19.3. The Kier molecular flexibility index (Phi) is 7.45. The quantitative estimate of drug-likeness (QED) is 0.619. The van der Waals surface area contributed by atoms with Gasteiger partial charge in [-0.3, -0.25) is 14.5 Å². The van der Waals surface area contributed by atoms with Gasteiger partial charge in [0, 0.05) is 25.1 Å². The molecule has 0 fully saturated rings. The maximum Gasteiger partial charge on any atom is 0.306 e. The minimum Gasteiger partial charge on any atom is -0.502 e. The van der Waals surface area contributed by atoms with E-state index in [4.69, 9.17) is 18.6 Å². The van der Waals surface area contributed by atoms with Crippen molar-refractivity contribution in [3.8, 4) is 17.2 Å². The number of hydrogen-bond acceptors (Lipinski definition) is 8. The Hall–Kier alpha value is -3.00. The molecule has 1 aliphatic rings. The molecule has 3 rings (SSSR count). The van der Waals surface area contributed by atoms with Gasteiger partial charge < -0.3 is 23.7 Å². The molecule has 0 spiro atoms. The highest BCUT2D eigenvalue weighted by Crippen LogP contribution is 2.35. The molecule has 1 aromatic heterocycles. The van der Waals surface area contributed by atoms with E-state index in [1.54, 1.807) is 14.2 Å². The zero-order valence-corrected chi connectivity index (χ0v) is 19.3. The molecular formula is C24H31NO7. The molecule has 2 heterocycles. The SMILES string of the molecule is COC(=O)CC(c1oc(CN2CCc3cc(OC)c(OC)cc3C2)cc(=O)c1O)C(C)C. The Morgan fingerprint density at radius 1 is 1.12 bits per heavy atom. The lowest BCUT2D eigenvalue weighted by molar-refractivity contribution is -0.141. The molecule has 1 aromatic carbocycles. The van der Waals surface area contributed by atoms with Crippen LogP contribution >= 0.6 is 0 Å². The third-order valence-corrected chi connectivity index (χ3v) is 5.93. The van der Waals surface area contributed by atoms with Crippen molar-refractivity contribution in [1.29, 1.82) is 0 Å². The smallest absolute Gasteiger partial charge is 0.306 e. The van der Waals surface area contributed by atoms with Crippen molar-refractivity contribution in [2.45, 2.75) is 45.7 Å². The van der Waals surface area contributed by atoms with Crippen molar-refractivity contribution in [1.82, 2.24) is 4.90 Å². The zero-order chi connectivity index (χ0) is 23.4. The van der Waals surface area contributed by atoms with Crippen LogP contribution < -0.4 is 14.9 Å². The topological polar surface area (TPSA) is 98.4 Å². The van der Waals surface area contributed by atoms with Crippen LogP contribution in [0.5, 0.6) is 17.2 Å². The molecule has 32 heavy (non-hydrogen) atoms. The molecule has 0 saturated heterocycles. The van der Waals surface area contributed by atoms with E-state index in [0.29, 0.717) is 30.3 Å². The van der Waals surface area contributed by atoms with Gasteiger partial charge >= 0.3 is 5.97 Å². The third kappa shape index (κ3) is 5.07. The van der Waals surface area contributed by atoms with E-state index in [0.717, 1.165) is 18.5 Å². The van der Waals surface area contributed by atoms with Crippen molar-refractivity contribution in [3.05, 3.63) is 51.1 Å². The molecule has 0 amide bonds. The van der Waals surface area contributed by atoms with Crippen molar-refractivity contribution in [2.24, 2.45) is 5.92 Å². The predicted octanol–water partition coefficient (Wildman–Crippen LogP) is 3.22. The van der Waals surface area contributed by atoms with Crippen LogP contribution in [0, 0.1) is 5.92 Å². The number of benzene rings is 1. The minimum atomic E-state index is -0.513. The van der Waals surface area contributed by atoms with Gasteiger partial charge in [0.05, 0.1) is 34.3 Å². The summed E-state index contributed by atoms with van der Waals surface area (Å²) >= 11 is 0. The number of hydrogen-bond donors (Lipinski definition) is 1. The highest BCUT2D eigenvalue weighted by atomic mass is 16.5. The molecule has 1 unspecified atom stereocenters. The summed E-state index contributed by atoms with van der Waals surface area (Å²) in [7, 11) is 4.54. The summed E-state index contributed by atoms with van der Waals surface area (Å²) in [5.74, 6) is 0.592. The average Bonchev–Trinajstić information content (AvgIpc) is 2.78. The van der Waals surface area contributed by atoms with Crippen LogP contribution in [0.4, 0.5) is 0 Å². The fourth-order valence-corrected chi connectivity index (χ4v) is 4.08. The number of aromatic hydroxyl groups is 1. The maximum absolute atomic E-state index is 12.5. The van der Waals surface area contributed by atoms with Gasteiger partial charge in [-0.15, -0.1) is 0 Å². The number of carbonyl (C=O) groups is 1. The molecule has 2 aromatic rings. The Morgan fingerprint density at radius 3 is 2.38 bits per heavy atom. The second kappa shape index (κ2) is 10.1. The molecule has 1 atom stereocenters. The number of methoxy groups -OCH3 is 3. The number of rotatable bonds is 8. The van der Waals surface area contributed by atoms with Crippen molar-refractivity contribution >= 4 is 5.97 Å². The van der Waals surface area contributed by atoms with Crippen LogP contribution in [-0.2, 0) is 29.0 Å². The van der Waals surface area contributed by atoms with Gasteiger partial charge in [0.25, 0.3) is 0 Å². The minimum absolute atomic E-state index is 0.0207. The second-order valence-electron chi connectivity index (χ2n) is 8.36. The predicted molar refractivity (Wildman–Crippen MR) is 118 cm³/mol. The van der Waals surface area contributed by atoms with Crippen molar-refractivity contribution < 1.29 is 28.5 Å². The first-order chi connectivity index (χ1) is 15.3. The normalized spacial score (nSPS) is 14.7. The fraction of sp³-hybridized carbons (Fsp3) is 0.500. The van der Waals surface area contributed by atoms with Crippen LogP contribution in [0.25, 0.3) is 0 Å². The lowest BCUT2D eigenvalue weighted by Crippen LogP contribution is -2.30. The highest BCUT2D eigenvalue weighted by molar-refractivity contribution is 5.70. The molecule has 8 nitrogen and oxygen atoms in total. The number of fused-ring (bicyclic) bond motifs is 1. The summed E-state index contributed by atoms with van der Waals surface area (Å²) in [5, 5.41) is 10.4. The van der Waals surface area contributed by atoms with E-state index in [-0.39, 0.29) is 18.1 Å². The van der Waals surface area contributed by atoms with Gasteiger partial charge in [0.15, 0.2) is 17.3 Å². The van der Waals surface area contributed by atoms with E-state index in [2.05, 4.69) is 4.90 Å². The summed E-state index contributed by atoms with van der Waals surface area (Å²) in [5.41, 5.74) is 1.81. The molecule has 0 bridgehead atoms. The standard InChI is InChI=1S/C24H31NO7/c1-14(2)18(11-22(27)31-5)24-23(28)19(26)10-17(32-24)13-25-7-6-15-8-20(29-3)21(30-4)9-16(15)12-25/h8-10,14,18,28H,6-7,11-13H2,1-5H3. The number of nitrogens with zero attached hydrogens (tertiary/aromatic N) is 1. The average molecular weight is 446 g/mol. The first kappa shape index (κ1) is 23.7. The van der Waals surface area contributed by atoms with Crippen LogP contribution in [-0.4, -0.2) is 43.8 Å². The van der Waals surface area contributed by atoms with Crippen LogP contribution in [0.3, 0.4) is 0 Å². The third-order valence-electron chi connectivity index (χ3n) is 5.93. The van der Waals surface area contributed by atoms with Gasteiger partial charge in [-0.25, -0.2) is 0 Å². The van der Waals surface area contributed by atoms with Gasteiger partial charge in [-0.2, -0.15) is 0 Å².